The van der Waals surface area contributed by atoms with Crippen molar-refractivity contribution in [1.29, 1.82) is 0 Å². The van der Waals surface area contributed by atoms with Crippen LogP contribution in [-0.4, -0.2) is 26.9 Å². The molecule has 0 radical (unpaired) electrons. The number of esters is 2. The van der Waals surface area contributed by atoms with Crippen LogP contribution in [0.3, 0.4) is 0 Å². The van der Waals surface area contributed by atoms with Gasteiger partial charge in [0.05, 0.1) is 6.20 Å². The van der Waals surface area contributed by atoms with Crippen molar-refractivity contribution >= 4 is 11.9 Å². The second-order valence-corrected chi connectivity index (χ2v) is 2.98. The van der Waals surface area contributed by atoms with E-state index in [1.54, 1.807) is 12.1 Å². The lowest BCUT2D eigenvalue weighted by atomic mass is 10.3. The molecule has 2 rings (SSSR count). The Morgan fingerprint density at radius 1 is 0.941 bits per heavy atom. The van der Waals surface area contributed by atoms with Gasteiger partial charge in [-0.25, -0.2) is 19.6 Å². The summed E-state index contributed by atoms with van der Waals surface area (Å²) in [7, 11) is 0. The Balaban J connectivity index is 2.08. The van der Waals surface area contributed by atoms with Crippen LogP contribution >= 0.6 is 0 Å². The fraction of sp³-hybridized carbons (Fsp3) is 0. The molecule has 0 saturated carbocycles. The average molecular weight is 229 g/mol. The van der Waals surface area contributed by atoms with Crippen LogP contribution in [0, 0.1) is 0 Å². The Bertz CT molecular complexity index is 479. The first-order chi connectivity index (χ1) is 8.27. The lowest BCUT2D eigenvalue weighted by Gasteiger charge is -2.00. The number of hydrogen-bond acceptors (Lipinski definition) is 6. The first-order valence-corrected chi connectivity index (χ1v) is 4.71. The highest BCUT2D eigenvalue weighted by molar-refractivity contribution is 6.00. The van der Waals surface area contributed by atoms with E-state index in [4.69, 9.17) is 0 Å². The number of carbonyl (C=O) groups is 2. The van der Waals surface area contributed by atoms with Crippen molar-refractivity contribution in [3.8, 4) is 0 Å². The number of carbonyl (C=O) groups excluding carboxylic acids is 2. The van der Waals surface area contributed by atoms with Gasteiger partial charge in [-0.05, 0) is 12.1 Å². The summed E-state index contributed by atoms with van der Waals surface area (Å²) in [5.41, 5.74) is 0.0292. The first kappa shape index (κ1) is 10.9. The van der Waals surface area contributed by atoms with Crippen LogP contribution in [0.25, 0.3) is 0 Å². The summed E-state index contributed by atoms with van der Waals surface area (Å²) in [4.78, 5) is 34.1. The van der Waals surface area contributed by atoms with Gasteiger partial charge in [0.1, 0.15) is 5.69 Å². The zero-order chi connectivity index (χ0) is 12.1. The number of nitrogens with zero attached hydrogens (tertiary/aromatic N) is 3. The van der Waals surface area contributed by atoms with E-state index in [0.717, 1.165) is 0 Å². The van der Waals surface area contributed by atoms with Crippen molar-refractivity contribution in [2.45, 2.75) is 0 Å². The van der Waals surface area contributed by atoms with Crippen LogP contribution < -0.4 is 0 Å². The van der Waals surface area contributed by atoms with Gasteiger partial charge in [0.2, 0.25) is 0 Å². The second kappa shape index (κ2) is 4.93. The lowest BCUT2D eigenvalue weighted by Crippen LogP contribution is -2.15. The van der Waals surface area contributed by atoms with E-state index < -0.39 is 11.9 Å². The number of hydrogen-bond donors (Lipinski definition) is 0. The van der Waals surface area contributed by atoms with Crippen LogP contribution in [0.5, 0.6) is 0 Å². The Morgan fingerprint density at radius 2 is 1.71 bits per heavy atom. The Morgan fingerprint density at radius 3 is 2.35 bits per heavy atom. The number of ether oxygens (including phenoxy) is 1. The minimum Gasteiger partial charge on any atom is -0.383 e. The highest BCUT2D eigenvalue weighted by Crippen LogP contribution is 2.00. The minimum atomic E-state index is -0.853. The van der Waals surface area contributed by atoms with E-state index in [2.05, 4.69) is 19.7 Å². The van der Waals surface area contributed by atoms with Crippen LogP contribution in [0.15, 0.2) is 43.0 Å². The zero-order valence-electron chi connectivity index (χ0n) is 8.61. The molecular weight excluding hydrogens is 222 g/mol. The maximum Gasteiger partial charge on any atom is 0.366 e. The quantitative estimate of drug-likeness (QED) is 0.561. The molecule has 6 nitrogen and oxygen atoms in total. The summed E-state index contributed by atoms with van der Waals surface area (Å²) in [6, 6.07) is 4.73. The van der Waals surface area contributed by atoms with Gasteiger partial charge >= 0.3 is 11.9 Å². The van der Waals surface area contributed by atoms with Gasteiger partial charge in [-0.3, -0.25) is 4.98 Å². The van der Waals surface area contributed by atoms with Crippen molar-refractivity contribution in [2.75, 3.05) is 0 Å². The van der Waals surface area contributed by atoms with Gasteiger partial charge in [-0.2, -0.15) is 0 Å². The molecule has 2 aromatic rings. The molecule has 84 valence electrons. The SMILES string of the molecule is O=C(OC(=O)c1cnccn1)c1ccccn1. The predicted octanol–water partition coefficient (Wildman–Crippen LogP) is 0.869. The number of rotatable bonds is 2. The molecule has 0 fully saturated rings. The van der Waals surface area contributed by atoms with E-state index >= 15 is 0 Å². The number of pyridine rings is 1. The fourth-order valence-corrected chi connectivity index (χ4v) is 1.08. The van der Waals surface area contributed by atoms with E-state index in [1.165, 1.54) is 30.9 Å². The van der Waals surface area contributed by atoms with Crippen molar-refractivity contribution in [1.82, 2.24) is 15.0 Å². The van der Waals surface area contributed by atoms with Crippen molar-refractivity contribution in [2.24, 2.45) is 0 Å². The highest BCUT2D eigenvalue weighted by atomic mass is 16.6. The Kier molecular flexibility index (Phi) is 3.15. The van der Waals surface area contributed by atoms with Gasteiger partial charge in [0.25, 0.3) is 0 Å². The summed E-state index contributed by atoms with van der Waals surface area (Å²) in [5.74, 6) is -1.67. The monoisotopic (exact) mass is 229 g/mol. The molecule has 17 heavy (non-hydrogen) atoms. The van der Waals surface area contributed by atoms with Gasteiger partial charge in [0.15, 0.2) is 5.69 Å². The van der Waals surface area contributed by atoms with E-state index in [1.807, 2.05) is 0 Å². The zero-order valence-corrected chi connectivity index (χ0v) is 8.61. The van der Waals surface area contributed by atoms with Crippen LogP contribution in [0.4, 0.5) is 0 Å². The van der Waals surface area contributed by atoms with Crippen molar-refractivity contribution in [3.05, 3.63) is 54.4 Å². The molecule has 0 unspecified atom stereocenters. The van der Waals surface area contributed by atoms with E-state index in [9.17, 15) is 9.59 Å². The first-order valence-electron chi connectivity index (χ1n) is 4.71. The molecule has 0 bridgehead atoms. The third-order valence-corrected chi connectivity index (χ3v) is 1.83. The van der Waals surface area contributed by atoms with Crippen LogP contribution in [-0.2, 0) is 4.74 Å². The molecule has 0 saturated heterocycles. The predicted molar refractivity (Wildman–Crippen MR) is 56.0 cm³/mol. The van der Waals surface area contributed by atoms with Gasteiger partial charge in [-0.1, -0.05) is 6.07 Å². The second-order valence-electron chi connectivity index (χ2n) is 2.98. The van der Waals surface area contributed by atoms with E-state index in [0.29, 0.717) is 0 Å². The minimum absolute atomic E-state index is 0.0308. The molecule has 0 N–H and O–H groups in total. The summed E-state index contributed by atoms with van der Waals surface area (Å²) < 4.78 is 4.58. The average Bonchev–Trinajstić information content (AvgIpc) is 2.40. The molecule has 0 aliphatic heterocycles. The molecule has 6 heteroatoms. The smallest absolute Gasteiger partial charge is 0.366 e. The summed E-state index contributed by atoms with van der Waals surface area (Å²) in [5, 5.41) is 0. The molecule has 0 aliphatic carbocycles. The normalized spacial score (nSPS) is 9.65. The summed E-state index contributed by atoms with van der Waals surface area (Å²) in [6.07, 6.45) is 5.40. The van der Waals surface area contributed by atoms with Gasteiger partial charge < -0.3 is 4.74 Å². The Labute approximate surface area is 96.3 Å². The molecule has 2 aromatic heterocycles. The topological polar surface area (TPSA) is 82.0 Å². The molecule has 0 atom stereocenters. The Hall–Kier alpha value is -2.63. The van der Waals surface area contributed by atoms with Crippen LogP contribution in [0.1, 0.15) is 21.0 Å². The highest BCUT2D eigenvalue weighted by Gasteiger charge is 2.16. The fourth-order valence-electron chi connectivity index (χ4n) is 1.08. The summed E-state index contributed by atoms with van der Waals surface area (Å²) >= 11 is 0. The maximum absolute atomic E-state index is 11.5. The number of aromatic nitrogens is 3. The standard InChI is InChI=1S/C11H7N3O3/c15-10(8-3-1-2-4-13-8)17-11(16)9-7-12-5-6-14-9/h1-7H. The third kappa shape index (κ3) is 2.69. The molecule has 0 amide bonds. The maximum atomic E-state index is 11.5. The molecular formula is C11H7N3O3. The lowest BCUT2D eigenvalue weighted by molar-refractivity contribution is 0.0389. The van der Waals surface area contributed by atoms with Crippen LogP contribution in [0.2, 0.25) is 0 Å². The van der Waals surface area contributed by atoms with Crippen molar-refractivity contribution < 1.29 is 14.3 Å². The third-order valence-electron chi connectivity index (χ3n) is 1.83. The molecule has 0 aliphatic rings. The molecule has 0 aromatic carbocycles. The largest absolute Gasteiger partial charge is 0.383 e. The molecule has 2 heterocycles. The van der Waals surface area contributed by atoms with E-state index in [-0.39, 0.29) is 11.4 Å². The van der Waals surface area contributed by atoms with Gasteiger partial charge in [0, 0.05) is 18.6 Å². The van der Waals surface area contributed by atoms with Crippen molar-refractivity contribution in [3.63, 3.8) is 0 Å². The summed E-state index contributed by atoms with van der Waals surface area (Å²) in [6.45, 7) is 0. The van der Waals surface area contributed by atoms with Gasteiger partial charge in [-0.15, -0.1) is 0 Å². The molecule has 0 spiro atoms.